The van der Waals surface area contributed by atoms with Crippen molar-refractivity contribution in [3.63, 3.8) is 0 Å². The molecule has 4 nitrogen and oxygen atoms in total. The number of hydrogen-bond acceptors (Lipinski definition) is 3. The van der Waals surface area contributed by atoms with Crippen LogP contribution >= 0.6 is 15.9 Å². The van der Waals surface area contributed by atoms with Gasteiger partial charge in [0.1, 0.15) is 0 Å². The summed E-state index contributed by atoms with van der Waals surface area (Å²) in [5, 5.41) is 0. The minimum atomic E-state index is -3.81. The molecule has 0 saturated heterocycles. The molecule has 27 heavy (non-hydrogen) atoms. The lowest BCUT2D eigenvalue weighted by Gasteiger charge is -2.13. The molecular weight excluding hydrogens is 426 g/mol. The van der Waals surface area contributed by atoms with E-state index < -0.39 is 10.0 Å². The topological polar surface area (TPSA) is 63.2 Å². The molecule has 0 bridgehead atoms. The summed E-state index contributed by atoms with van der Waals surface area (Å²) in [4.78, 5) is 13.1. The van der Waals surface area contributed by atoms with E-state index >= 15 is 0 Å². The molecule has 3 aromatic carbocycles. The lowest BCUT2D eigenvalue weighted by molar-refractivity contribution is 0.103. The Morgan fingerprint density at radius 2 is 1.41 bits per heavy atom. The van der Waals surface area contributed by atoms with Crippen molar-refractivity contribution in [1.29, 1.82) is 0 Å². The standard InChI is InChI=1S/C21H18BrNO3S/c1-14-3-7-16(8-4-14)21(24)19-13-17(22)9-12-20(19)23-27(25,26)18-10-5-15(2)6-11-18/h3-13,23H,1-2H3. The number of rotatable bonds is 5. The highest BCUT2D eigenvalue weighted by Crippen LogP contribution is 2.26. The summed E-state index contributed by atoms with van der Waals surface area (Å²) >= 11 is 3.35. The van der Waals surface area contributed by atoms with E-state index in [1.807, 2.05) is 26.0 Å². The molecule has 0 aromatic heterocycles. The van der Waals surface area contributed by atoms with Gasteiger partial charge in [-0.25, -0.2) is 8.42 Å². The molecule has 0 atom stereocenters. The van der Waals surface area contributed by atoms with Crippen LogP contribution in [0.4, 0.5) is 5.69 Å². The maximum atomic E-state index is 12.9. The third-order valence-corrected chi connectivity index (χ3v) is 5.99. The Morgan fingerprint density at radius 1 is 0.852 bits per heavy atom. The van der Waals surface area contributed by atoms with Gasteiger partial charge in [-0.3, -0.25) is 9.52 Å². The number of carbonyl (C=O) groups is 1. The van der Waals surface area contributed by atoms with Gasteiger partial charge in [0.15, 0.2) is 5.78 Å². The van der Waals surface area contributed by atoms with E-state index in [1.165, 1.54) is 12.1 Å². The first-order valence-corrected chi connectivity index (χ1v) is 10.5. The van der Waals surface area contributed by atoms with Gasteiger partial charge in [-0.15, -0.1) is 0 Å². The number of hydrogen-bond donors (Lipinski definition) is 1. The predicted octanol–water partition coefficient (Wildman–Crippen LogP) is 5.10. The Balaban J connectivity index is 2.00. The summed E-state index contributed by atoms with van der Waals surface area (Å²) in [5.74, 6) is -0.252. The number of sulfonamides is 1. The van der Waals surface area contributed by atoms with Crippen molar-refractivity contribution in [3.05, 3.63) is 93.5 Å². The zero-order chi connectivity index (χ0) is 19.6. The first-order chi connectivity index (χ1) is 12.8. The Kier molecular flexibility index (Phi) is 5.48. The van der Waals surface area contributed by atoms with Gasteiger partial charge in [0.2, 0.25) is 0 Å². The summed E-state index contributed by atoms with van der Waals surface area (Å²) in [6, 6.07) is 18.6. The highest BCUT2D eigenvalue weighted by atomic mass is 79.9. The molecule has 0 saturated carbocycles. The van der Waals surface area contributed by atoms with Crippen molar-refractivity contribution in [2.75, 3.05) is 4.72 Å². The van der Waals surface area contributed by atoms with Crippen LogP contribution in [0.1, 0.15) is 27.0 Å². The van der Waals surface area contributed by atoms with Gasteiger partial charge in [0.25, 0.3) is 10.0 Å². The normalized spacial score (nSPS) is 11.2. The fourth-order valence-electron chi connectivity index (χ4n) is 2.57. The van der Waals surface area contributed by atoms with Crippen LogP contribution in [-0.2, 0) is 10.0 Å². The molecule has 3 aromatic rings. The average Bonchev–Trinajstić information content (AvgIpc) is 2.63. The SMILES string of the molecule is Cc1ccc(C(=O)c2cc(Br)ccc2NS(=O)(=O)c2ccc(C)cc2)cc1. The monoisotopic (exact) mass is 443 g/mol. The number of aryl methyl sites for hydroxylation is 2. The Labute approximate surface area is 167 Å². The second-order valence-electron chi connectivity index (χ2n) is 6.30. The molecule has 1 N–H and O–H groups in total. The number of benzene rings is 3. The maximum absolute atomic E-state index is 12.9. The van der Waals surface area contributed by atoms with Gasteiger partial charge in [-0.1, -0.05) is 63.5 Å². The highest BCUT2D eigenvalue weighted by molar-refractivity contribution is 9.10. The molecule has 0 aliphatic heterocycles. The zero-order valence-electron chi connectivity index (χ0n) is 14.9. The van der Waals surface area contributed by atoms with Crippen molar-refractivity contribution >= 4 is 37.4 Å². The fraction of sp³-hybridized carbons (Fsp3) is 0.0952. The summed E-state index contributed by atoms with van der Waals surface area (Å²) in [6.07, 6.45) is 0. The van der Waals surface area contributed by atoms with Crippen LogP contribution in [-0.4, -0.2) is 14.2 Å². The summed E-state index contributed by atoms with van der Waals surface area (Å²) < 4.78 is 28.7. The maximum Gasteiger partial charge on any atom is 0.261 e. The molecule has 0 radical (unpaired) electrons. The smallest absolute Gasteiger partial charge is 0.261 e. The average molecular weight is 444 g/mol. The lowest BCUT2D eigenvalue weighted by atomic mass is 10.0. The van der Waals surface area contributed by atoms with E-state index in [2.05, 4.69) is 20.7 Å². The number of ketones is 1. The summed E-state index contributed by atoms with van der Waals surface area (Å²) in [6.45, 7) is 3.82. The fourth-order valence-corrected chi connectivity index (χ4v) is 4.02. The molecule has 0 fully saturated rings. The van der Waals surface area contributed by atoms with Crippen LogP contribution in [0.2, 0.25) is 0 Å². The number of anilines is 1. The second-order valence-corrected chi connectivity index (χ2v) is 8.90. The van der Waals surface area contributed by atoms with Gasteiger partial charge < -0.3 is 0 Å². The quantitative estimate of drug-likeness (QED) is 0.557. The molecule has 138 valence electrons. The van der Waals surface area contributed by atoms with Gasteiger partial charge in [-0.2, -0.15) is 0 Å². The minimum Gasteiger partial charge on any atom is -0.289 e. The second kappa shape index (κ2) is 7.66. The third-order valence-electron chi connectivity index (χ3n) is 4.12. The van der Waals surface area contributed by atoms with Crippen LogP contribution in [0.5, 0.6) is 0 Å². The zero-order valence-corrected chi connectivity index (χ0v) is 17.3. The van der Waals surface area contributed by atoms with Gasteiger partial charge in [0, 0.05) is 15.6 Å². The molecule has 3 rings (SSSR count). The Morgan fingerprint density at radius 3 is 2.00 bits per heavy atom. The molecule has 6 heteroatoms. The minimum absolute atomic E-state index is 0.143. The van der Waals surface area contributed by atoms with Crippen LogP contribution in [0.3, 0.4) is 0 Å². The molecule has 0 heterocycles. The first kappa shape index (κ1) is 19.3. The van der Waals surface area contributed by atoms with Crippen molar-refractivity contribution in [2.24, 2.45) is 0 Å². The summed E-state index contributed by atoms with van der Waals surface area (Å²) in [5.41, 5.74) is 3.02. The van der Waals surface area contributed by atoms with Crippen LogP contribution in [0.25, 0.3) is 0 Å². The molecule has 0 aliphatic rings. The third kappa shape index (κ3) is 4.46. The summed E-state index contributed by atoms with van der Waals surface area (Å²) in [7, 11) is -3.81. The molecule has 0 unspecified atom stereocenters. The van der Waals surface area contributed by atoms with Crippen molar-refractivity contribution in [1.82, 2.24) is 0 Å². The van der Waals surface area contributed by atoms with Gasteiger partial charge in [-0.05, 0) is 44.2 Å². The highest BCUT2D eigenvalue weighted by Gasteiger charge is 2.20. The lowest BCUT2D eigenvalue weighted by Crippen LogP contribution is -2.16. The van der Waals surface area contributed by atoms with E-state index in [9.17, 15) is 13.2 Å². The Bertz CT molecular complexity index is 1090. The predicted molar refractivity (Wildman–Crippen MR) is 111 cm³/mol. The molecule has 0 amide bonds. The van der Waals surface area contributed by atoms with Crippen LogP contribution < -0.4 is 4.72 Å². The molecular formula is C21H18BrNO3S. The van der Waals surface area contributed by atoms with E-state index in [1.54, 1.807) is 42.5 Å². The van der Waals surface area contributed by atoms with Crippen LogP contribution in [0, 0.1) is 13.8 Å². The number of halogens is 1. The van der Waals surface area contributed by atoms with Gasteiger partial charge in [0.05, 0.1) is 10.6 Å². The number of carbonyl (C=O) groups excluding carboxylic acids is 1. The first-order valence-electron chi connectivity index (χ1n) is 8.27. The van der Waals surface area contributed by atoms with Gasteiger partial charge >= 0.3 is 0 Å². The van der Waals surface area contributed by atoms with E-state index in [4.69, 9.17) is 0 Å². The van der Waals surface area contributed by atoms with Crippen LogP contribution in [0.15, 0.2) is 76.1 Å². The van der Waals surface area contributed by atoms with E-state index in [-0.39, 0.29) is 21.9 Å². The molecule has 0 spiro atoms. The molecule has 0 aliphatic carbocycles. The van der Waals surface area contributed by atoms with Crippen molar-refractivity contribution < 1.29 is 13.2 Å². The Hall–Kier alpha value is -2.44. The largest absolute Gasteiger partial charge is 0.289 e. The number of nitrogens with one attached hydrogen (secondary N) is 1. The van der Waals surface area contributed by atoms with Crippen molar-refractivity contribution in [3.8, 4) is 0 Å². The van der Waals surface area contributed by atoms with E-state index in [0.29, 0.717) is 10.0 Å². The van der Waals surface area contributed by atoms with E-state index in [0.717, 1.165) is 11.1 Å². The van der Waals surface area contributed by atoms with Crippen molar-refractivity contribution in [2.45, 2.75) is 18.7 Å².